The molecule has 1 saturated carbocycles. The van der Waals surface area contributed by atoms with E-state index in [1.807, 2.05) is 13.0 Å². The summed E-state index contributed by atoms with van der Waals surface area (Å²) in [5.41, 5.74) is 0.864. The van der Waals surface area contributed by atoms with Gasteiger partial charge in [0.1, 0.15) is 5.75 Å². The van der Waals surface area contributed by atoms with Gasteiger partial charge in [-0.15, -0.1) is 0 Å². The van der Waals surface area contributed by atoms with Crippen LogP contribution in [0, 0.1) is 17.2 Å². The van der Waals surface area contributed by atoms with Crippen molar-refractivity contribution in [1.29, 1.82) is 5.26 Å². The number of nitriles is 1. The summed E-state index contributed by atoms with van der Waals surface area (Å²) >= 11 is 0. The van der Waals surface area contributed by atoms with Crippen molar-refractivity contribution < 1.29 is 19.4 Å². The molecule has 0 heterocycles. The van der Waals surface area contributed by atoms with Crippen molar-refractivity contribution in [2.75, 3.05) is 11.9 Å². The number of aliphatic carboxylic acids is 1. The fraction of sp³-hybridized carbons (Fsp3) is 0.471. The van der Waals surface area contributed by atoms with Crippen LogP contribution in [0.3, 0.4) is 0 Å². The zero-order chi connectivity index (χ0) is 17.5. The van der Waals surface area contributed by atoms with Crippen LogP contribution in [-0.2, 0) is 4.79 Å². The Labute approximate surface area is 140 Å². The molecule has 0 atom stereocenters. The molecular formula is C17H21N3O4. The number of carboxylic acids is 1. The van der Waals surface area contributed by atoms with Crippen LogP contribution < -0.4 is 15.4 Å². The third kappa shape index (κ3) is 4.62. The molecule has 0 radical (unpaired) electrons. The van der Waals surface area contributed by atoms with E-state index >= 15 is 0 Å². The van der Waals surface area contributed by atoms with Crippen molar-refractivity contribution in [3.8, 4) is 11.8 Å². The molecule has 1 aromatic rings. The maximum atomic E-state index is 12.2. The molecule has 24 heavy (non-hydrogen) atoms. The van der Waals surface area contributed by atoms with E-state index in [0.717, 1.165) is 0 Å². The molecule has 2 rings (SSSR count). The Balaban J connectivity index is 1.95. The summed E-state index contributed by atoms with van der Waals surface area (Å²) in [7, 11) is 0. The van der Waals surface area contributed by atoms with Crippen LogP contribution in [0.5, 0.6) is 5.75 Å². The molecule has 128 valence electrons. The number of hydrogen-bond donors (Lipinski definition) is 3. The van der Waals surface area contributed by atoms with E-state index in [9.17, 15) is 9.59 Å². The normalized spacial score (nSPS) is 19.8. The van der Waals surface area contributed by atoms with Crippen molar-refractivity contribution in [3.05, 3.63) is 23.8 Å². The maximum absolute atomic E-state index is 12.2. The smallest absolute Gasteiger partial charge is 0.319 e. The highest BCUT2D eigenvalue weighted by molar-refractivity contribution is 5.91. The van der Waals surface area contributed by atoms with E-state index in [2.05, 4.69) is 10.6 Å². The van der Waals surface area contributed by atoms with Crippen LogP contribution in [0.4, 0.5) is 10.5 Å². The van der Waals surface area contributed by atoms with E-state index in [-0.39, 0.29) is 18.0 Å². The highest BCUT2D eigenvalue weighted by Gasteiger charge is 2.26. The number of anilines is 1. The van der Waals surface area contributed by atoms with E-state index in [4.69, 9.17) is 15.1 Å². The zero-order valence-corrected chi connectivity index (χ0v) is 13.5. The summed E-state index contributed by atoms with van der Waals surface area (Å²) in [6.45, 7) is 2.28. The zero-order valence-electron chi connectivity index (χ0n) is 13.5. The van der Waals surface area contributed by atoms with Crippen LogP contribution in [0.2, 0.25) is 0 Å². The Morgan fingerprint density at radius 3 is 2.62 bits per heavy atom. The average molecular weight is 331 g/mol. The van der Waals surface area contributed by atoms with Gasteiger partial charge in [0.2, 0.25) is 0 Å². The molecule has 7 nitrogen and oxygen atoms in total. The van der Waals surface area contributed by atoms with Crippen LogP contribution in [-0.4, -0.2) is 29.8 Å². The standard InChI is InChI=1S/C17H21N3O4/c1-2-24-15-8-3-11(10-18)9-14(15)20-17(23)19-13-6-4-12(5-7-13)16(21)22/h3,8-9,12-13H,2,4-7H2,1H3,(H,21,22)(H2,19,20,23). The number of carbonyl (C=O) groups is 2. The van der Waals surface area contributed by atoms with E-state index in [1.165, 1.54) is 0 Å². The predicted molar refractivity (Wildman–Crippen MR) is 87.9 cm³/mol. The fourth-order valence-electron chi connectivity index (χ4n) is 2.81. The molecule has 0 spiro atoms. The summed E-state index contributed by atoms with van der Waals surface area (Å²) in [5, 5.41) is 23.5. The Bertz CT molecular complexity index is 646. The van der Waals surface area contributed by atoms with Crippen molar-refractivity contribution in [2.24, 2.45) is 5.92 Å². The van der Waals surface area contributed by atoms with E-state index < -0.39 is 5.97 Å². The minimum atomic E-state index is -0.771. The number of rotatable bonds is 5. The highest BCUT2D eigenvalue weighted by atomic mass is 16.5. The van der Waals surface area contributed by atoms with Gasteiger partial charge in [-0.2, -0.15) is 5.26 Å². The predicted octanol–water partition coefficient (Wildman–Crippen LogP) is 2.72. The van der Waals surface area contributed by atoms with Gasteiger partial charge in [-0.1, -0.05) is 0 Å². The van der Waals surface area contributed by atoms with Gasteiger partial charge >= 0.3 is 12.0 Å². The molecule has 3 N–H and O–H groups in total. The molecule has 1 aliphatic carbocycles. The van der Waals surface area contributed by atoms with Gasteiger partial charge in [0.05, 0.1) is 29.8 Å². The lowest BCUT2D eigenvalue weighted by Gasteiger charge is -2.27. The second-order valence-corrected chi connectivity index (χ2v) is 5.74. The van der Waals surface area contributed by atoms with Crippen LogP contribution in [0.25, 0.3) is 0 Å². The molecule has 2 amide bonds. The third-order valence-electron chi connectivity index (χ3n) is 4.07. The summed E-state index contributed by atoms with van der Waals surface area (Å²) in [4.78, 5) is 23.1. The van der Waals surface area contributed by atoms with Crippen molar-refractivity contribution >= 4 is 17.7 Å². The lowest BCUT2D eigenvalue weighted by molar-refractivity contribution is -0.142. The van der Waals surface area contributed by atoms with Crippen molar-refractivity contribution in [1.82, 2.24) is 5.32 Å². The molecule has 1 aromatic carbocycles. The number of nitrogens with one attached hydrogen (secondary N) is 2. The van der Waals surface area contributed by atoms with Gasteiger partial charge in [-0.05, 0) is 50.8 Å². The number of urea groups is 1. The van der Waals surface area contributed by atoms with Gasteiger partial charge in [0.25, 0.3) is 0 Å². The molecule has 7 heteroatoms. The Morgan fingerprint density at radius 2 is 2.04 bits per heavy atom. The first-order valence-electron chi connectivity index (χ1n) is 8.00. The van der Waals surface area contributed by atoms with E-state index in [1.54, 1.807) is 18.2 Å². The first-order chi connectivity index (χ1) is 11.5. The summed E-state index contributed by atoms with van der Waals surface area (Å²) in [6.07, 6.45) is 2.41. The minimum absolute atomic E-state index is 0.0460. The van der Waals surface area contributed by atoms with E-state index in [0.29, 0.717) is 49.3 Å². The van der Waals surface area contributed by atoms with Gasteiger partial charge in [0, 0.05) is 6.04 Å². The van der Waals surface area contributed by atoms with Gasteiger partial charge < -0.3 is 20.5 Å². The molecule has 0 aromatic heterocycles. The van der Waals surface area contributed by atoms with Gasteiger partial charge in [0.15, 0.2) is 0 Å². The van der Waals surface area contributed by atoms with Crippen molar-refractivity contribution in [3.63, 3.8) is 0 Å². The SMILES string of the molecule is CCOc1ccc(C#N)cc1NC(=O)NC1CCC(C(=O)O)CC1. The largest absolute Gasteiger partial charge is 0.492 e. The van der Waals surface area contributed by atoms with Crippen LogP contribution in [0.15, 0.2) is 18.2 Å². The number of nitrogens with zero attached hydrogens (tertiary/aromatic N) is 1. The third-order valence-corrected chi connectivity index (χ3v) is 4.07. The molecule has 0 unspecified atom stereocenters. The fourth-order valence-corrected chi connectivity index (χ4v) is 2.81. The first-order valence-corrected chi connectivity index (χ1v) is 8.00. The summed E-state index contributed by atoms with van der Waals surface area (Å²) < 4.78 is 5.45. The second-order valence-electron chi connectivity index (χ2n) is 5.74. The maximum Gasteiger partial charge on any atom is 0.319 e. The number of carbonyl (C=O) groups excluding carboxylic acids is 1. The quantitative estimate of drug-likeness (QED) is 0.768. The Kier molecular flexibility index (Phi) is 6.01. The number of hydrogen-bond acceptors (Lipinski definition) is 4. The Hall–Kier alpha value is -2.75. The lowest BCUT2D eigenvalue weighted by Crippen LogP contribution is -2.41. The molecule has 1 fully saturated rings. The number of amides is 2. The molecule has 0 saturated heterocycles. The monoisotopic (exact) mass is 331 g/mol. The number of benzene rings is 1. The van der Waals surface area contributed by atoms with Gasteiger partial charge in [-0.25, -0.2) is 4.79 Å². The minimum Gasteiger partial charge on any atom is -0.492 e. The first kappa shape index (κ1) is 17.6. The average Bonchev–Trinajstić information content (AvgIpc) is 2.57. The molecular weight excluding hydrogens is 310 g/mol. The highest BCUT2D eigenvalue weighted by Crippen LogP contribution is 2.27. The molecule has 0 bridgehead atoms. The van der Waals surface area contributed by atoms with Crippen molar-refractivity contribution in [2.45, 2.75) is 38.6 Å². The molecule has 1 aliphatic rings. The topological polar surface area (TPSA) is 111 Å². The number of ether oxygens (including phenoxy) is 1. The summed E-state index contributed by atoms with van der Waals surface area (Å²) in [6, 6.07) is 6.43. The van der Waals surface area contributed by atoms with Crippen LogP contribution >= 0.6 is 0 Å². The number of carboxylic acid groups (broad SMARTS) is 1. The second kappa shape index (κ2) is 8.20. The lowest BCUT2D eigenvalue weighted by atomic mass is 9.86. The summed E-state index contributed by atoms with van der Waals surface area (Å²) in [5.74, 6) is -0.586. The van der Waals surface area contributed by atoms with Gasteiger partial charge in [-0.3, -0.25) is 4.79 Å². The molecule has 0 aliphatic heterocycles. The Morgan fingerprint density at radius 1 is 1.33 bits per heavy atom. The van der Waals surface area contributed by atoms with Crippen LogP contribution in [0.1, 0.15) is 38.2 Å².